The lowest BCUT2D eigenvalue weighted by Gasteiger charge is -2.23. The van der Waals surface area contributed by atoms with Gasteiger partial charge in [0.2, 0.25) is 0 Å². The van der Waals surface area contributed by atoms with Crippen molar-refractivity contribution in [2.75, 3.05) is 22.9 Å². The van der Waals surface area contributed by atoms with Crippen LogP contribution < -0.4 is 20.3 Å². The van der Waals surface area contributed by atoms with Crippen LogP contribution in [0.2, 0.25) is 0 Å². The van der Waals surface area contributed by atoms with Gasteiger partial charge >= 0.3 is 6.09 Å². The van der Waals surface area contributed by atoms with Gasteiger partial charge in [-0.3, -0.25) is 14.6 Å². The first kappa shape index (κ1) is 14.7. The van der Waals surface area contributed by atoms with Gasteiger partial charge in [-0.15, -0.1) is 0 Å². The number of hydrogen-bond acceptors (Lipinski definition) is 7. The summed E-state index contributed by atoms with van der Waals surface area (Å²) in [5.41, 5.74) is 5.50. The number of primary amides is 1. The molecule has 1 aromatic carbocycles. The number of cyclic esters (lactones) is 1. The van der Waals surface area contributed by atoms with Crippen LogP contribution in [0.4, 0.5) is 20.6 Å². The molecule has 0 radical (unpaired) electrons. The Morgan fingerprint density at radius 3 is 2.92 bits per heavy atom. The number of fused-ring (bicyclic) bond motifs is 3. The van der Waals surface area contributed by atoms with Crippen LogP contribution in [0.25, 0.3) is 0 Å². The fourth-order valence-corrected chi connectivity index (χ4v) is 2.87. The van der Waals surface area contributed by atoms with E-state index < -0.39 is 30.1 Å². The Morgan fingerprint density at radius 2 is 2.21 bits per heavy atom. The maximum atomic E-state index is 14.5. The molecule has 1 aromatic rings. The van der Waals surface area contributed by atoms with Crippen molar-refractivity contribution in [1.82, 2.24) is 0 Å². The maximum absolute atomic E-state index is 14.5. The minimum absolute atomic E-state index is 0.101. The number of aliphatic imine (C=N–C) groups is 1. The van der Waals surface area contributed by atoms with E-state index in [1.54, 1.807) is 0 Å². The zero-order valence-corrected chi connectivity index (χ0v) is 12.3. The lowest BCUT2D eigenvalue weighted by molar-refractivity contribution is -0.124. The first-order valence-electron chi connectivity index (χ1n) is 7.26. The van der Waals surface area contributed by atoms with Crippen molar-refractivity contribution in [3.8, 4) is 5.75 Å². The number of amides is 2. The van der Waals surface area contributed by atoms with Crippen molar-refractivity contribution < 1.29 is 28.6 Å². The van der Waals surface area contributed by atoms with Crippen LogP contribution in [0.15, 0.2) is 17.1 Å². The number of carbonyl (C=O) groups excluding carboxylic acids is 2. The van der Waals surface area contributed by atoms with Crippen molar-refractivity contribution >= 4 is 29.4 Å². The Morgan fingerprint density at radius 1 is 1.42 bits per heavy atom. The smallest absolute Gasteiger partial charge is 0.415 e. The topological polar surface area (TPSA) is 118 Å². The zero-order chi connectivity index (χ0) is 17.0. The second-order valence-electron chi connectivity index (χ2n) is 5.59. The third-order valence-corrected chi connectivity index (χ3v) is 4.03. The second-order valence-corrected chi connectivity index (χ2v) is 5.59. The van der Waals surface area contributed by atoms with Crippen molar-refractivity contribution in [2.45, 2.75) is 18.8 Å². The van der Waals surface area contributed by atoms with Crippen molar-refractivity contribution in [2.24, 2.45) is 10.7 Å². The lowest BCUT2D eigenvalue weighted by atomic mass is 10.2. The molecular weight excluding hydrogens is 323 g/mol. The van der Waals surface area contributed by atoms with Crippen LogP contribution in [0.5, 0.6) is 5.75 Å². The number of ether oxygens (including phenoxy) is 2. The molecule has 9 nitrogen and oxygen atoms in total. The van der Waals surface area contributed by atoms with Crippen molar-refractivity contribution in [1.29, 1.82) is 0 Å². The maximum Gasteiger partial charge on any atom is 0.415 e. The van der Waals surface area contributed by atoms with Gasteiger partial charge in [-0.1, -0.05) is 0 Å². The molecule has 0 aliphatic carbocycles. The normalized spacial score (nSPS) is 24.9. The number of halogens is 1. The Bertz CT molecular complexity index is 783. The molecule has 1 saturated heterocycles. The number of carbonyl (C=O) groups is 2. The molecule has 10 heteroatoms. The number of nitrogens with two attached hydrogens (primary N) is 1. The summed E-state index contributed by atoms with van der Waals surface area (Å²) < 4.78 is 24.9. The molecule has 1 unspecified atom stereocenters. The van der Waals surface area contributed by atoms with E-state index in [0.29, 0.717) is 13.0 Å². The largest absolute Gasteiger partial charge is 0.434 e. The van der Waals surface area contributed by atoms with E-state index in [-0.39, 0.29) is 29.7 Å². The highest BCUT2D eigenvalue weighted by atomic mass is 19.1. The molecule has 4 rings (SSSR count). The van der Waals surface area contributed by atoms with Gasteiger partial charge in [0.15, 0.2) is 23.9 Å². The molecule has 2 atom stereocenters. The van der Waals surface area contributed by atoms with Gasteiger partial charge in [-0.05, 0) is 0 Å². The fraction of sp³-hybridized carbons (Fsp3) is 0.357. The molecule has 1 fully saturated rings. The molecule has 2 amide bonds. The van der Waals surface area contributed by atoms with Crippen LogP contribution >= 0.6 is 0 Å². The summed E-state index contributed by atoms with van der Waals surface area (Å²) >= 11 is 0. The minimum atomic E-state index is -1.08. The Hall–Kier alpha value is -2.88. The summed E-state index contributed by atoms with van der Waals surface area (Å²) in [5, 5.41) is 9.55. The third-order valence-electron chi connectivity index (χ3n) is 4.03. The number of amidine groups is 1. The molecule has 0 bridgehead atoms. The number of anilines is 2. The average Bonchev–Trinajstić information content (AvgIpc) is 3.07. The van der Waals surface area contributed by atoms with Gasteiger partial charge in [-0.25, -0.2) is 14.2 Å². The van der Waals surface area contributed by atoms with Crippen LogP contribution in [0.1, 0.15) is 6.42 Å². The average molecular weight is 336 g/mol. The molecule has 3 aliphatic rings. The van der Waals surface area contributed by atoms with Gasteiger partial charge in [0.1, 0.15) is 5.69 Å². The van der Waals surface area contributed by atoms with E-state index in [0.717, 1.165) is 11.0 Å². The molecule has 0 spiro atoms. The summed E-state index contributed by atoms with van der Waals surface area (Å²) in [5.74, 6) is -1.21. The molecule has 3 heterocycles. The minimum Gasteiger partial charge on any atom is -0.434 e. The summed E-state index contributed by atoms with van der Waals surface area (Å²) in [6.07, 6.45) is -2.41. The molecule has 126 valence electrons. The van der Waals surface area contributed by atoms with Crippen LogP contribution in [0.3, 0.4) is 0 Å². The van der Waals surface area contributed by atoms with E-state index in [4.69, 9.17) is 15.2 Å². The Kier molecular flexibility index (Phi) is 3.10. The summed E-state index contributed by atoms with van der Waals surface area (Å²) in [4.78, 5) is 29.6. The van der Waals surface area contributed by atoms with Crippen molar-refractivity contribution in [3.63, 3.8) is 0 Å². The molecule has 24 heavy (non-hydrogen) atoms. The van der Waals surface area contributed by atoms with Gasteiger partial charge in [0, 0.05) is 25.1 Å². The summed E-state index contributed by atoms with van der Waals surface area (Å²) in [7, 11) is 0. The summed E-state index contributed by atoms with van der Waals surface area (Å²) in [6, 6.07) is 2.72. The standard InChI is InChI=1S/C14H13FN4O5/c15-7-3-6(19-5-9(12(16)21)24-14(19)22)4-8-11(7)18-2-1-10(20)17-13(18)23-8/h3-4,9-10,20H,1-2,5H2,(H2,16,21)/t9-,10?/m1/s1. The highest BCUT2D eigenvalue weighted by Gasteiger charge is 2.39. The Labute approximate surface area is 135 Å². The van der Waals surface area contributed by atoms with Crippen molar-refractivity contribution in [3.05, 3.63) is 17.9 Å². The first-order valence-corrected chi connectivity index (χ1v) is 7.26. The first-order chi connectivity index (χ1) is 11.4. The van der Waals surface area contributed by atoms with E-state index in [1.165, 1.54) is 11.0 Å². The monoisotopic (exact) mass is 336 g/mol. The second kappa shape index (κ2) is 5.06. The zero-order valence-electron chi connectivity index (χ0n) is 12.3. The molecule has 0 saturated carbocycles. The van der Waals surface area contributed by atoms with Crippen LogP contribution in [-0.2, 0) is 9.53 Å². The SMILES string of the molecule is NC(=O)[C@H]1CN(c2cc(F)c3c(c2)OC2=NC(O)CCN23)C(=O)O1. The number of aliphatic hydroxyl groups is 1. The molecule has 3 aliphatic heterocycles. The third kappa shape index (κ3) is 2.14. The van der Waals surface area contributed by atoms with Crippen LogP contribution in [0, 0.1) is 5.82 Å². The number of nitrogens with zero attached hydrogens (tertiary/aromatic N) is 3. The lowest BCUT2D eigenvalue weighted by Crippen LogP contribution is -2.37. The number of rotatable bonds is 2. The number of hydrogen-bond donors (Lipinski definition) is 2. The fourth-order valence-electron chi connectivity index (χ4n) is 2.87. The quantitative estimate of drug-likeness (QED) is 0.779. The van der Waals surface area contributed by atoms with Gasteiger partial charge < -0.3 is 20.3 Å². The van der Waals surface area contributed by atoms with Gasteiger partial charge in [0.05, 0.1) is 12.2 Å². The van der Waals surface area contributed by atoms with E-state index in [9.17, 15) is 19.1 Å². The van der Waals surface area contributed by atoms with Gasteiger partial charge in [-0.2, -0.15) is 0 Å². The molecule has 3 N–H and O–H groups in total. The van der Waals surface area contributed by atoms with Gasteiger partial charge in [0.25, 0.3) is 11.9 Å². The van der Waals surface area contributed by atoms with Crippen LogP contribution in [-0.4, -0.2) is 48.6 Å². The van der Waals surface area contributed by atoms with E-state index in [2.05, 4.69) is 4.99 Å². The predicted octanol–water partition coefficient (Wildman–Crippen LogP) is -0.0869. The number of aliphatic hydroxyl groups excluding tert-OH is 1. The van der Waals surface area contributed by atoms with E-state index >= 15 is 0 Å². The molecule has 0 aromatic heterocycles. The Balaban J connectivity index is 1.69. The highest BCUT2D eigenvalue weighted by Crippen LogP contribution is 2.42. The summed E-state index contributed by atoms with van der Waals surface area (Å²) in [6.45, 7) is 0.258. The number of benzene rings is 1. The molecular formula is C14H13FN4O5. The highest BCUT2D eigenvalue weighted by molar-refractivity contribution is 6.02. The van der Waals surface area contributed by atoms with E-state index in [1.807, 2.05) is 0 Å². The predicted molar refractivity (Wildman–Crippen MR) is 79.2 cm³/mol.